The molecule has 0 fully saturated rings. The number of aromatic amines is 1. The highest BCUT2D eigenvalue weighted by molar-refractivity contribution is 6.04. The molecule has 148 valence electrons. The Bertz CT molecular complexity index is 1000. The second-order valence-electron chi connectivity index (χ2n) is 6.31. The van der Waals surface area contributed by atoms with Crippen molar-refractivity contribution in [2.24, 2.45) is 0 Å². The number of nitrogens with one attached hydrogen (secondary N) is 2. The number of ether oxygens (including phenoxy) is 1. The first-order chi connectivity index (χ1) is 13.5. The van der Waals surface area contributed by atoms with Crippen LogP contribution in [0.2, 0.25) is 0 Å². The summed E-state index contributed by atoms with van der Waals surface area (Å²) in [7, 11) is 1.43. The van der Waals surface area contributed by atoms with E-state index in [9.17, 15) is 13.6 Å². The monoisotopic (exact) mass is 389 g/mol. The zero-order valence-corrected chi connectivity index (χ0v) is 15.6. The number of hydrogen-bond acceptors (Lipinski definition) is 5. The molecule has 0 bridgehead atoms. The third-order valence-electron chi connectivity index (χ3n) is 4.57. The molecule has 7 nitrogen and oxygen atoms in total. The Morgan fingerprint density at radius 1 is 1.39 bits per heavy atom. The lowest BCUT2D eigenvalue weighted by Gasteiger charge is -2.12. The Labute approximate surface area is 160 Å². The average Bonchev–Trinajstić information content (AvgIpc) is 3.10. The molecule has 0 spiro atoms. The second-order valence-corrected chi connectivity index (χ2v) is 6.31. The quantitative estimate of drug-likeness (QED) is 0.573. The van der Waals surface area contributed by atoms with Crippen molar-refractivity contribution in [1.82, 2.24) is 15.0 Å². The highest BCUT2D eigenvalue weighted by Crippen LogP contribution is 2.30. The summed E-state index contributed by atoms with van der Waals surface area (Å²) in [6.45, 7) is 1.33. The van der Waals surface area contributed by atoms with Gasteiger partial charge in [-0.1, -0.05) is 13.0 Å². The van der Waals surface area contributed by atoms with Crippen LogP contribution in [0.15, 0.2) is 24.4 Å². The Morgan fingerprint density at radius 2 is 2.18 bits per heavy atom. The van der Waals surface area contributed by atoms with Crippen LogP contribution in [0.3, 0.4) is 0 Å². The number of carbonyl (C=O) groups excluding carboxylic acids is 1. The van der Waals surface area contributed by atoms with E-state index in [2.05, 4.69) is 20.3 Å². The maximum absolute atomic E-state index is 14.0. The summed E-state index contributed by atoms with van der Waals surface area (Å²) in [5.41, 5.74) is 7.52. The molecular formula is C19H21F2N5O2. The molecule has 28 heavy (non-hydrogen) atoms. The zero-order valence-electron chi connectivity index (χ0n) is 15.6. The maximum Gasteiger partial charge on any atom is 0.293 e. The maximum atomic E-state index is 14.0. The number of rotatable bonds is 7. The number of carbonyl (C=O) groups is 1. The van der Waals surface area contributed by atoms with Gasteiger partial charge in [-0.05, 0) is 24.1 Å². The molecule has 1 atom stereocenters. The van der Waals surface area contributed by atoms with E-state index in [-0.39, 0.29) is 35.4 Å². The molecule has 1 amide bonds. The summed E-state index contributed by atoms with van der Waals surface area (Å²) in [6, 6.07) is 4.30. The van der Waals surface area contributed by atoms with Crippen molar-refractivity contribution in [3.63, 3.8) is 0 Å². The predicted octanol–water partition coefficient (Wildman–Crippen LogP) is 3.54. The second kappa shape index (κ2) is 8.30. The highest BCUT2D eigenvalue weighted by atomic mass is 19.1. The van der Waals surface area contributed by atoms with E-state index in [1.807, 2.05) is 6.92 Å². The molecule has 4 N–H and O–H groups in total. The van der Waals surface area contributed by atoms with Crippen molar-refractivity contribution in [1.29, 1.82) is 0 Å². The topological polar surface area (TPSA) is 106 Å². The number of anilines is 2. The predicted molar refractivity (Wildman–Crippen MR) is 102 cm³/mol. The minimum atomic E-state index is -0.648. The first-order valence-corrected chi connectivity index (χ1v) is 8.78. The number of benzene rings is 1. The van der Waals surface area contributed by atoms with Crippen LogP contribution in [-0.4, -0.2) is 34.6 Å². The first-order valence-electron chi connectivity index (χ1n) is 8.78. The highest BCUT2D eigenvalue weighted by Gasteiger charge is 2.21. The first kappa shape index (κ1) is 19.7. The fraction of sp³-hybridized carbons (Fsp3) is 0.316. The Balaban J connectivity index is 1.95. The van der Waals surface area contributed by atoms with Gasteiger partial charge in [-0.2, -0.15) is 0 Å². The fourth-order valence-corrected chi connectivity index (χ4v) is 3.07. The van der Waals surface area contributed by atoms with Crippen LogP contribution in [0.4, 0.5) is 20.3 Å². The number of nitrogens with zero attached hydrogens (tertiary/aromatic N) is 2. The molecule has 0 aliphatic heterocycles. The number of hydrogen-bond donors (Lipinski definition) is 3. The minimum absolute atomic E-state index is 0.00799. The van der Waals surface area contributed by atoms with E-state index >= 15 is 0 Å². The van der Waals surface area contributed by atoms with Crippen LogP contribution >= 0.6 is 0 Å². The summed E-state index contributed by atoms with van der Waals surface area (Å²) >= 11 is 0. The summed E-state index contributed by atoms with van der Waals surface area (Å²) in [5.74, 6) is -1.58. The summed E-state index contributed by atoms with van der Waals surface area (Å²) in [5, 5.41) is 3.09. The average molecular weight is 389 g/mol. The third kappa shape index (κ3) is 3.65. The van der Waals surface area contributed by atoms with E-state index in [4.69, 9.17) is 10.5 Å². The summed E-state index contributed by atoms with van der Waals surface area (Å²) in [4.78, 5) is 23.8. The van der Waals surface area contributed by atoms with Gasteiger partial charge in [0.2, 0.25) is 5.82 Å². The van der Waals surface area contributed by atoms with Crippen LogP contribution < -0.4 is 11.1 Å². The van der Waals surface area contributed by atoms with Gasteiger partial charge in [-0.3, -0.25) is 9.18 Å². The molecule has 0 radical (unpaired) electrons. The number of nitrogens with two attached hydrogens (primary N) is 1. The molecule has 3 aromatic rings. The van der Waals surface area contributed by atoms with Crippen molar-refractivity contribution in [2.45, 2.75) is 25.9 Å². The molecule has 0 saturated carbocycles. The largest absolute Gasteiger partial charge is 0.383 e. The molecule has 2 aromatic heterocycles. The summed E-state index contributed by atoms with van der Waals surface area (Å²) < 4.78 is 32.2. The molecule has 2 heterocycles. The standard InChI is InChI=1S/C19H21F2N5O2/c1-3-10(7-20)11-8-23-17-15(11)16(22)25-18(26-17)19(27)24-14-6-4-5-13(21)12(14)9-28-2/h4-6,8,10H,3,7,9H2,1-2H3,(H,24,27)(H3,22,23,25,26). The molecule has 3 rings (SSSR count). The van der Waals surface area contributed by atoms with E-state index < -0.39 is 18.4 Å². The fourth-order valence-electron chi connectivity index (χ4n) is 3.07. The molecule has 0 aliphatic carbocycles. The van der Waals surface area contributed by atoms with Gasteiger partial charge < -0.3 is 20.8 Å². The number of halogens is 2. The Kier molecular flexibility index (Phi) is 5.84. The number of amides is 1. The Morgan fingerprint density at radius 3 is 2.86 bits per heavy atom. The van der Waals surface area contributed by atoms with Gasteiger partial charge in [0.15, 0.2) is 0 Å². The molecule has 0 saturated heterocycles. The van der Waals surface area contributed by atoms with Gasteiger partial charge in [0, 0.05) is 30.5 Å². The van der Waals surface area contributed by atoms with Gasteiger partial charge in [0.25, 0.3) is 5.91 Å². The normalized spacial score (nSPS) is 12.3. The van der Waals surface area contributed by atoms with Crippen molar-refractivity contribution in [2.75, 3.05) is 24.8 Å². The molecule has 0 aliphatic rings. The molecule has 1 aromatic carbocycles. The van der Waals surface area contributed by atoms with Crippen LogP contribution in [0.5, 0.6) is 0 Å². The van der Waals surface area contributed by atoms with E-state index in [0.717, 1.165) is 0 Å². The van der Waals surface area contributed by atoms with Crippen molar-refractivity contribution < 1.29 is 18.3 Å². The van der Waals surface area contributed by atoms with Crippen LogP contribution in [0, 0.1) is 5.82 Å². The number of H-pyrrole nitrogens is 1. The lowest BCUT2D eigenvalue weighted by atomic mass is 9.98. The number of aromatic nitrogens is 3. The number of nitrogen functional groups attached to an aromatic ring is 1. The van der Waals surface area contributed by atoms with Crippen LogP contribution in [0.1, 0.15) is 41.0 Å². The van der Waals surface area contributed by atoms with Crippen LogP contribution in [-0.2, 0) is 11.3 Å². The van der Waals surface area contributed by atoms with Gasteiger partial charge in [0.05, 0.1) is 18.7 Å². The SMILES string of the molecule is CCC(CF)c1c[nH]c2nc(C(=O)Nc3cccc(F)c3COC)nc(N)c12. The van der Waals surface area contributed by atoms with E-state index in [1.54, 1.807) is 12.3 Å². The summed E-state index contributed by atoms with van der Waals surface area (Å²) in [6.07, 6.45) is 2.22. The van der Waals surface area contributed by atoms with Gasteiger partial charge in [0.1, 0.15) is 17.3 Å². The van der Waals surface area contributed by atoms with Crippen molar-refractivity contribution >= 4 is 28.4 Å². The third-order valence-corrected chi connectivity index (χ3v) is 4.57. The molecule has 9 heteroatoms. The smallest absolute Gasteiger partial charge is 0.293 e. The molecular weight excluding hydrogens is 368 g/mol. The Hall–Kier alpha value is -3.07. The lowest BCUT2D eigenvalue weighted by molar-refractivity contribution is 0.101. The lowest BCUT2D eigenvalue weighted by Crippen LogP contribution is -2.18. The number of fused-ring (bicyclic) bond motifs is 1. The molecule has 1 unspecified atom stereocenters. The number of alkyl halides is 1. The van der Waals surface area contributed by atoms with Crippen molar-refractivity contribution in [3.8, 4) is 0 Å². The van der Waals surface area contributed by atoms with E-state index in [0.29, 0.717) is 23.0 Å². The zero-order chi connectivity index (χ0) is 20.3. The van der Waals surface area contributed by atoms with Crippen LogP contribution in [0.25, 0.3) is 11.0 Å². The van der Waals surface area contributed by atoms with Gasteiger partial charge in [-0.25, -0.2) is 14.4 Å². The number of methoxy groups -OCH3 is 1. The minimum Gasteiger partial charge on any atom is -0.383 e. The van der Waals surface area contributed by atoms with E-state index in [1.165, 1.54) is 19.2 Å². The van der Waals surface area contributed by atoms with Gasteiger partial charge >= 0.3 is 0 Å². The van der Waals surface area contributed by atoms with Gasteiger partial charge in [-0.15, -0.1) is 0 Å². The van der Waals surface area contributed by atoms with Crippen molar-refractivity contribution in [3.05, 3.63) is 47.2 Å².